The van der Waals surface area contributed by atoms with Crippen LogP contribution in [0.4, 0.5) is 11.5 Å². The first-order chi connectivity index (χ1) is 9.56. The van der Waals surface area contributed by atoms with E-state index in [9.17, 15) is 0 Å². The van der Waals surface area contributed by atoms with Gasteiger partial charge in [-0.05, 0) is 36.8 Å². The quantitative estimate of drug-likeness (QED) is 0.898. The Morgan fingerprint density at radius 2 is 1.85 bits per heavy atom. The molecule has 0 aliphatic heterocycles. The van der Waals surface area contributed by atoms with E-state index in [0.29, 0.717) is 6.04 Å². The van der Waals surface area contributed by atoms with Crippen molar-refractivity contribution >= 4 is 11.5 Å². The van der Waals surface area contributed by atoms with Crippen molar-refractivity contribution in [3.8, 4) is 0 Å². The Bertz CT molecular complexity index is 549. The van der Waals surface area contributed by atoms with Crippen LogP contribution in [0, 0.1) is 6.92 Å². The van der Waals surface area contributed by atoms with Gasteiger partial charge >= 0.3 is 0 Å². The summed E-state index contributed by atoms with van der Waals surface area (Å²) in [4.78, 5) is 6.75. The molecule has 1 aromatic heterocycles. The lowest BCUT2D eigenvalue weighted by atomic mass is 10.2. The van der Waals surface area contributed by atoms with E-state index < -0.39 is 0 Å². The predicted molar refractivity (Wildman–Crippen MR) is 85.5 cm³/mol. The number of rotatable bonds is 5. The van der Waals surface area contributed by atoms with Crippen LogP contribution in [-0.4, -0.2) is 18.1 Å². The molecule has 3 nitrogen and oxygen atoms in total. The van der Waals surface area contributed by atoms with Gasteiger partial charge in [0.15, 0.2) is 0 Å². The summed E-state index contributed by atoms with van der Waals surface area (Å²) in [7, 11) is 2.05. The fourth-order valence-corrected chi connectivity index (χ4v) is 2.10. The Balaban J connectivity index is 2.23. The average molecular weight is 269 g/mol. The third kappa shape index (κ3) is 3.81. The number of para-hydroxylation sites is 1. The lowest BCUT2D eigenvalue weighted by Gasteiger charge is -2.20. The van der Waals surface area contributed by atoms with E-state index in [1.807, 2.05) is 25.1 Å². The first-order valence-electron chi connectivity index (χ1n) is 7.06. The molecule has 2 rings (SSSR count). The monoisotopic (exact) mass is 269 g/mol. The van der Waals surface area contributed by atoms with Gasteiger partial charge in [-0.3, -0.25) is 0 Å². The minimum atomic E-state index is 0.485. The SMILES string of the molecule is Cc1cc(CNC(C)C)cc(N(C)c2ccccc2)n1. The molecule has 0 aliphatic carbocycles. The van der Waals surface area contributed by atoms with Gasteiger partial charge in [-0.15, -0.1) is 0 Å². The van der Waals surface area contributed by atoms with E-state index in [-0.39, 0.29) is 0 Å². The number of benzene rings is 1. The van der Waals surface area contributed by atoms with Gasteiger partial charge in [0.05, 0.1) is 0 Å². The highest BCUT2D eigenvalue weighted by atomic mass is 15.2. The smallest absolute Gasteiger partial charge is 0.133 e. The number of nitrogens with zero attached hydrogens (tertiary/aromatic N) is 2. The topological polar surface area (TPSA) is 28.2 Å². The molecule has 0 aliphatic rings. The van der Waals surface area contributed by atoms with E-state index in [1.165, 1.54) is 5.56 Å². The third-order valence-electron chi connectivity index (χ3n) is 3.20. The number of hydrogen-bond donors (Lipinski definition) is 1. The molecule has 106 valence electrons. The maximum absolute atomic E-state index is 4.64. The first-order valence-corrected chi connectivity index (χ1v) is 7.06. The van der Waals surface area contributed by atoms with Crippen molar-refractivity contribution in [1.29, 1.82) is 0 Å². The van der Waals surface area contributed by atoms with Crippen LogP contribution in [-0.2, 0) is 6.54 Å². The summed E-state index contributed by atoms with van der Waals surface area (Å²) in [6.45, 7) is 7.23. The van der Waals surface area contributed by atoms with Gasteiger partial charge in [0, 0.05) is 31.0 Å². The Kier molecular flexibility index (Phi) is 4.74. The standard InChI is InChI=1S/C17H23N3/c1-13(2)18-12-15-10-14(3)19-17(11-15)20(4)16-8-6-5-7-9-16/h5-11,13,18H,12H2,1-4H3. The molecule has 0 saturated heterocycles. The van der Waals surface area contributed by atoms with Crippen LogP contribution in [0.5, 0.6) is 0 Å². The molecule has 1 aromatic carbocycles. The number of pyridine rings is 1. The van der Waals surface area contributed by atoms with Gasteiger partial charge in [0.1, 0.15) is 5.82 Å². The molecule has 0 atom stereocenters. The lowest BCUT2D eigenvalue weighted by Crippen LogP contribution is -2.22. The van der Waals surface area contributed by atoms with Gasteiger partial charge in [-0.2, -0.15) is 0 Å². The fraction of sp³-hybridized carbons (Fsp3) is 0.353. The molecule has 2 aromatic rings. The van der Waals surface area contributed by atoms with Gasteiger partial charge < -0.3 is 10.2 Å². The molecule has 3 heteroatoms. The second kappa shape index (κ2) is 6.53. The zero-order valence-electron chi connectivity index (χ0n) is 12.7. The Morgan fingerprint density at radius 1 is 1.15 bits per heavy atom. The van der Waals surface area contributed by atoms with Crippen molar-refractivity contribution in [3.63, 3.8) is 0 Å². The van der Waals surface area contributed by atoms with E-state index in [4.69, 9.17) is 0 Å². The number of nitrogens with one attached hydrogen (secondary N) is 1. The minimum Gasteiger partial charge on any atom is -0.329 e. The van der Waals surface area contributed by atoms with Crippen LogP contribution in [0.15, 0.2) is 42.5 Å². The highest BCUT2D eigenvalue weighted by Crippen LogP contribution is 2.22. The Morgan fingerprint density at radius 3 is 2.50 bits per heavy atom. The molecule has 0 amide bonds. The third-order valence-corrected chi connectivity index (χ3v) is 3.20. The second-order valence-electron chi connectivity index (χ2n) is 5.41. The summed E-state index contributed by atoms with van der Waals surface area (Å²) in [6.07, 6.45) is 0. The number of hydrogen-bond acceptors (Lipinski definition) is 3. The highest BCUT2D eigenvalue weighted by molar-refractivity contribution is 5.59. The molecular formula is C17H23N3. The summed E-state index contributed by atoms with van der Waals surface area (Å²) < 4.78 is 0. The Hall–Kier alpha value is -1.87. The summed E-state index contributed by atoms with van der Waals surface area (Å²) in [6, 6.07) is 15.1. The highest BCUT2D eigenvalue weighted by Gasteiger charge is 2.07. The first kappa shape index (κ1) is 14.5. The van der Waals surface area contributed by atoms with Crippen LogP contribution in [0.25, 0.3) is 0 Å². The molecule has 0 fully saturated rings. The molecule has 1 N–H and O–H groups in total. The lowest BCUT2D eigenvalue weighted by molar-refractivity contribution is 0.588. The number of aromatic nitrogens is 1. The maximum atomic E-state index is 4.64. The van der Waals surface area contributed by atoms with Gasteiger partial charge in [0.2, 0.25) is 0 Å². The van der Waals surface area contributed by atoms with Crippen LogP contribution >= 0.6 is 0 Å². The predicted octanol–water partition coefficient (Wildman–Crippen LogP) is 3.66. The van der Waals surface area contributed by atoms with E-state index in [0.717, 1.165) is 23.7 Å². The Labute approximate surface area is 121 Å². The van der Waals surface area contributed by atoms with E-state index in [1.54, 1.807) is 0 Å². The average Bonchev–Trinajstić information content (AvgIpc) is 2.44. The summed E-state index contributed by atoms with van der Waals surface area (Å²) >= 11 is 0. The van der Waals surface area contributed by atoms with Gasteiger partial charge in [-0.25, -0.2) is 4.98 Å². The van der Waals surface area contributed by atoms with Crippen LogP contribution in [0.3, 0.4) is 0 Å². The van der Waals surface area contributed by atoms with Gasteiger partial charge in [0.25, 0.3) is 0 Å². The molecule has 0 unspecified atom stereocenters. The zero-order valence-corrected chi connectivity index (χ0v) is 12.7. The van der Waals surface area contributed by atoms with Crippen LogP contribution < -0.4 is 10.2 Å². The minimum absolute atomic E-state index is 0.485. The van der Waals surface area contributed by atoms with Crippen molar-refractivity contribution in [1.82, 2.24) is 10.3 Å². The molecule has 1 heterocycles. The summed E-state index contributed by atoms with van der Waals surface area (Å²) in [5, 5.41) is 3.45. The van der Waals surface area contributed by atoms with E-state index in [2.05, 4.69) is 60.4 Å². The van der Waals surface area contributed by atoms with Crippen molar-refractivity contribution in [2.24, 2.45) is 0 Å². The fourth-order valence-electron chi connectivity index (χ4n) is 2.10. The normalized spacial score (nSPS) is 10.8. The molecule has 20 heavy (non-hydrogen) atoms. The summed E-state index contributed by atoms with van der Waals surface area (Å²) in [5.41, 5.74) is 3.46. The van der Waals surface area contributed by atoms with Crippen molar-refractivity contribution in [2.75, 3.05) is 11.9 Å². The number of anilines is 2. The van der Waals surface area contributed by atoms with Crippen molar-refractivity contribution < 1.29 is 0 Å². The molecule has 0 bridgehead atoms. The van der Waals surface area contributed by atoms with Gasteiger partial charge in [-0.1, -0.05) is 32.0 Å². The van der Waals surface area contributed by atoms with Crippen LogP contribution in [0.1, 0.15) is 25.1 Å². The molecule has 0 saturated carbocycles. The molecular weight excluding hydrogens is 246 g/mol. The maximum Gasteiger partial charge on any atom is 0.133 e. The number of aryl methyl sites for hydroxylation is 1. The van der Waals surface area contributed by atoms with E-state index >= 15 is 0 Å². The molecule has 0 radical (unpaired) electrons. The van der Waals surface area contributed by atoms with Crippen molar-refractivity contribution in [2.45, 2.75) is 33.4 Å². The summed E-state index contributed by atoms with van der Waals surface area (Å²) in [5.74, 6) is 0.983. The van der Waals surface area contributed by atoms with Crippen molar-refractivity contribution in [3.05, 3.63) is 53.7 Å². The largest absolute Gasteiger partial charge is 0.329 e. The zero-order chi connectivity index (χ0) is 14.5. The molecule has 0 spiro atoms. The van der Waals surface area contributed by atoms with Crippen LogP contribution in [0.2, 0.25) is 0 Å². The second-order valence-corrected chi connectivity index (χ2v) is 5.41.